The van der Waals surface area contributed by atoms with Gasteiger partial charge in [-0.2, -0.15) is 0 Å². The van der Waals surface area contributed by atoms with E-state index in [4.69, 9.17) is 37.4 Å². The molecule has 2 aromatic carbocycles. The smallest absolute Gasteiger partial charge is 0.234 e. The van der Waals surface area contributed by atoms with E-state index in [-0.39, 0.29) is 18.3 Å². The molecule has 4 rings (SSSR count). The van der Waals surface area contributed by atoms with Crippen molar-refractivity contribution in [2.75, 3.05) is 24.3 Å². The first-order valence-corrected chi connectivity index (χ1v) is 11.0. The van der Waals surface area contributed by atoms with E-state index in [9.17, 15) is 4.79 Å². The Hall–Kier alpha value is -2.62. The SMILES string of the molecule is Cn1c(COc2ccc(Cl)cc2Cl)nnc1SCC(=O)Nc1ccc2c(c1)OCCO2. The summed E-state index contributed by atoms with van der Waals surface area (Å²) in [6.45, 7) is 1.18. The Balaban J connectivity index is 1.31. The van der Waals surface area contributed by atoms with Gasteiger partial charge in [-0.05, 0) is 30.3 Å². The summed E-state index contributed by atoms with van der Waals surface area (Å²) in [6.07, 6.45) is 0. The van der Waals surface area contributed by atoms with Crippen molar-refractivity contribution in [3.8, 4) is 17.2 Å². The van der Waals surface area contributed by atoms with Gasteiger partial charge in [0.05, 0.1) is 10.8 Å². The minimum atomic E-state index is -0.171. The molecule has 1 aliphatic rings. The molecule has 1 aromatic heterocycles. The number of carbonyl (C=O) groups excluding carboxylic acids is 1. The number of benzene rings is 2. The van der Waals surface area contributed by atoms with Crippen molar-refractivity contribution in [1.29, 1.82) is 0 Å². The molecule has 31 heavy (non-hydrogen) atoms. The predicted molar refractivity (Wildman–Crippen MR) is 119 cm³/mol. The molecular formula is C20H18Cl2N4O4S. The number of rotatable bonds is 7. The maximum Gasteiger partial charge on any atom is 0.234 e. The van der Waals surface area contributed by atoms with Crippen LogP contribution in [0.1, 0.15) is 5.82 Å². The highest BCUT2D eigenvalue weighted by molar-refractivity contribution is 7.99. The Morgan fingerprint density at radius 3 is 2.77 bits per heavy atom. The number of carbonyl (C=O) groups is 1. The molecule has 0 saturated carbocycles. The van der Waals surface area contributed by atoms with Crippen LogP contribution >= 0.6 is 35.0 Å². The van der Waals surface area contributed by atoms with E-state index in [1.165, 1.54) is 11.8 Å². The molecule has 11 heteroatoms. The van der Waals surface area contributed by atoms with Gasteiger partial charge in [-0.15, -0.1) is 10.2 Å². The van der Waals surface area contributed by atoms with Crippen molar-refractivity contribution in [1.82, 2.24) is 14.8 Å². The van der Waals surface area contributed by atoms with E-state index < -0.39 is 0 Å². The molecular weight excluding hydrogens is 463 g/mol. The van der Waals surface area contributed by atoms with E-state index in [1.807, 2.05) is 7.05 Å². The van der Waals surface area contributed by atoms with E-state index in [0.717, 1.165) is 0 Å². The molecule has 3 aromatic rings. The number of amides is 1. The number of nitrogens with zero attached hydrogens (tertiary/aromatic N) is 3. The Kier molecular flexibility index (Phi) is 6.74. The van der Waals surface area contributed by atoms with Crippen molar-refractivity contribution in [2.24, 2.45) is 7.05 Å². The molecule has 0 spiro atoms. The number of aromatic nitrogens is 3. The molecule has 2 heterocycles. The van der Waals surface area contributed by atoms with Crippen LogP contribution in [0.3, 0.4) is 0 Å². The zero-order chi connectivity index (χ0) is 21.8. The Morgan fingerprint density at radius 2 is 1.97 bits per heavy atom. The quantitative estimate of drug-likeness (QED) is 0.506. The van der Waals surface area contributed by atoms with E-state index >= 15 is 0 Å². The number of halogens is 2. The van der Waals surface area contributed by atoms with Crippen molar-refractivity contribution in [3.63, 3.8) is 0 Å². The summed E-state index contributed by atoms with van der Waals surface area (Å²) in [4.78, 5) is 12.3. The maximum absolute atomic E-state index is 12.3. The number of fused-ring (bicyclic) bond motifs is 1. The standard InChI is InChI=1S/C20H18Cl2N4O4S/c1-26-18(10-30-15-4-2-12(21)8-14(15)22)24-25-20(26)31-11-19(27)23-13-3-5-16-17(9-13)29-7-6-28-16/h2-5,8-9H,6-7,10-11H2,1H3,(H,23,27). The molecule has 162 valence electrons. The monoisotopic (exact) mass is 480 g/mol. The van der Waals surface area contributed by atoms with Gasteiger partial charge in [0.2, 0.25) is 5.91 Å². The van der Waals surface area contributed by atoms with Gasteiger partial charge in [0.15, 0.2) is 22.5 Å². The lowest BCUT2D eigenvalue weighted by Gasteiger charge is -2.18. The van der Waals surface area contributed by atoms with Crippen molar-refractivity contribution >= 4 is 46.6 Å². The molecule has 1 aliphatic heterocycles. The summed E-state index contributed by atoms with van der Waals surface area (Å²) < 4.78 is 18.5. The summed E-state index contributed by atoms with van der Waals surface area (Å²) in [5.74, 6) is 2.39. The lowest BCUT2D eigenvalue weighted by Crippen LogP contribution is -2.17. The minimum absolute atomic E-state index is 0.171. The average molecular weight is 481 g/mol. The molecule has 0 unspecified atom stereocenters. The number of ether oxygens (including phenoxy) is 3. The highest BCUT2D eigenvalue weighted by Gasteiger charge is 2.15. The fourth-order valence-corrected chi connectivity index (χ4v) is 3.97. The summed E-state index contributed by atoms with van der Waals surface area (Å²) in [7, 11) is 1.81. The van der Waals surface area contributed by atoms with Gasteiger partial charge in [0.1, 0.15) is 25.6 Å². The van der Waals surface area contributed by atoms with Crippen LogP contribution in [0.5, 0.6) is 17.2 Å². The Bertz CT molecular complexity index is 1110. The minimum Gasteiger partial charge on any atom is -0.486 e. The zero-order valence-corrected chi connectivity index (χ0v) is 18.8. The third-order valence-electron chi connectivity index (χ3n) is 4.33. The third kappa shape index (κ3) is 5.36. The lowest BCUT2D eigenvalue weighted by atomic mass is 10.2. The Morgan fingerprint density at radius 1 is 1.16 bits per heavy atom. The summed E-state index contributed by atoms with van der Waals surface area (Å²) in [5, 5.41) is 12.6. The predicted octanol–water partition coefficient (Wildman–Crippen LogP) is 4.20. The third-order valence-corrected chi connectivity index (χ3v) is 5.88. The molecule has 0 fully saturated rings. The van der Waals surface area contributed by atoms with E-state index in [2.05, 4.69) is 15.5 Å². The van der Waals surface area contributed by atoms with Crippen LogP contribution in [0, 0.1) is 0 Å². The summed E-state index contributed by atoms with van der Waals surface area (Å²) in [6, 6.07) is 10.3. The highest BCUT2D eigenvalue weighted by atomic mass is 35.5. The normalized spacial score (nSPS) is 12.5. The van der Waals surface area contributed by atoms with Gasteiger partial charge < -0.3 is 24.1 Å². The molecule has 8 nitrogen and oxygen atoms in total. The molecule has 1 N–H and O–H groups in total. The van der Waals surface area contributed by atoms with E-state index in [1.54, 1.807) is 41.0 Å². The van der Waals surface area contributed by atoms with Crippen LogP contribution in [0.25, 0.3) is 0 Å². The van der Waals surface area contributed by atoms with Crippen LogP contribution in [-0.2, 0) is 18.4 Å². The van der Waals surface area contributed by atoms with Crippen molar-refractivity contribution < 1.29 is 19.0 Å². The molecule has 0 atom stereocenters. The fourth-order valence-electron chi connectivity index (χ4n) is 2.78. The van der Waals surface area contributed by atoms with Gasteiger partial charge in [0, 0.05) is 23.8 Å². The second-order valence-corrected chi connectivity index (χ2v) is 8.30. The fraction of sp³-hybridized carbons (Fsp3) is 0.250. The zero-order valence-electron chi connectivity index (χ0n) is 16.4. The van der Waals surface area contributed by atoms with Crippen LogP contribution in [0.15, 0.2) is 41.6 Å². The maximum atomic E-state index is 12.3. The molecule has 0 aliphatic carbocycles. The first-order chi connectivity index (χ1) is 15.0. The molecule has 0 bridgehead atoms. The van der Waals surface area contributed by atoms with Crippen LogP contribution < -0.4 is 19.5 Å². The van der Waals surface area contributed by atoms with Gasteiger partial charge in [0.25, 0.3) is 0 Å². The van der Waals surface area contributed by atoms with Gasteiger partial charge in [-0.3, -0.25) is 4.79 Å². The molecule has 0 radical (unpaired) electrons. The first-order valence-electron chi connectivity index (χ1n) is 9.28. The lowest BCUT2D eigenvalue weighted by molar-refractivity contribution is -0.113. The number of nitrogens with one attached hydrogen (secondary N) is 1. The molecule has 0 saturated heterocycles. The summed E-state index contributed by atoms with van der Waals surface area (Å²) >= 11 is 13.3. The largest absolute Gasteiger partial charge is 0.486 e. The summed E-state index contributed by atoms with van der Waals surface area (Å²) in [5.41, 5.74) is 0.641. The Labute approximate surface area is 192 Å². The van der Waals surface area contributed by atoms with Crippen LogP contribution in [0.4, 0.5) is 5.69 Å². The van der Waals surface area contributed by atoms with Crippen molar-refractivity contribution in [3.05, 3.63) is 52.3 Å². The van der Waals surface area contributed by atoms with Gasteiger partial charge in [-0.1, -0.05) is 35.0 Å². The first kappa shape index (κ1) is 21.6. The highest BCUT2D eigenvalue weighted by Crippen LogP contribution is 2.32. The number of anilines is 1. The average Bonchev–Trinajstić information content (AvgIpc) is 3.11. The second-order valence-electron chi connectivity index (χ2n) is 6.52. The van der Waals surface area contributed by atoms with Crippen LogP contribution in [-0.4, -0.2) is 39.6 Å². The van der Waals surface area contributed by atoms with Gasteiger partial charge in [-0.25, -0.2) is 0 Å². The van der Waals surface area contributed by atoms with Crippen molar-refractivity contribution in [2.45, 2.75) is 11.8 Å². The number of thioether (sulfide) groups is 1. The van der Waals surface area contributed by atoms with E-state index in [0.29, 0.717) is 57.2 Å². The topological polar surface area (TPSA) is 87.5 Å². The molecule has 1 amide bonds. The number of hydrogen-bond donors (Lipinski definition) is 1. The van der Waals surface area contributed by atoms with Gasteiger partial charge >= 0.3 is 0 Å². The second kappa shape index (κ2) is 9.67. The number of hydrogen-bond acceptors (Lipinski definition) is 7. The van der Waals surface area contributed by atoms with Crippen LogP contribution in [0.2, 0.25) is 10.0 Å².